The predicted octanol–water partition coefficient (Wildman–Crippen LogP) is 2.48. The fraction of sp³-hybridized carbons (Fsp3) is 0.235. The molecule has 2 aromatic carbocycles. The molecule has 0 saturated heterocycles. The van der Waals surface area contributed by atoms with Crippen LogP contribution in [-0.2, 0) is 27.6 Å². The summed E-state index contributed by atoms with van der Waals surface area (Å²) >= 11 is 0. The summed E-state index contributed by atoms with van der Waals surface area (Å²) in [7, 11) is -3.22. The number of amides is 1. The number of hydrogen-bond acceptors (Lipinski definition) is 3. The van der Waals surface area contributed by atoms with Crippen molar-refractivity contribution < 1.29 is 17.6 Å². The fourth-order valence-corrected chi connectivity index (χ4v) is 2.72. The molecule has 0 aliphatic carbocycles. The molecule has 2 aromatic rings. The lowest BCUT2D eigenvalue weighted by Crippen LogP contribution is -2.23. The first-order valence-corrected chi connectivity index (χ1v) is 9.04. The molecule has 0 aromatic heterocycles. The van der Waals surface area contributed by atoms with E-state index < -0.39 is 9.84 Å². The standard InChI is InChI=1S/C17H18FNO3S/c1-23(21,22)15-9-6-13(7-10-15)12-19-17(20)11-8-14-4-2-3-5-16(14)18/h2-7,9-10H,8,11-12H2,1H3,(H,19,20). The lowest BCUT2D eigenvalue weighted by molar-refractivity contribution is -0.121. The van der Waals surface area contributed by atoms with Gasteiger partial charge in [-0.15, -0.1) is 0 Å². The van der Waals surface area contributed by atoms with E-state index >= 15 is 0 Å². The molecule has 0 aliphatic heterocycles. The predicted molar refractivity (Wildman–Crippen MR) is 86.1 cm³/mol. The van der Waals surface area contributed by atoms with E-state index in [9.17, 15) is 17.6 Å². The normalized spacial score (nSPS) is 11.2. The first-order chi connectivity index (χ1) is 10.9. The molecule has 0 spiro atoms. The van der Waals surface area contributed by atoms with Crippen molar-refractivity contribution in [2.75, 3.05) is 6.26 Å². The summed E-state index contributed by atoms with van der Waals surface area (Å²) in [5.74, 6) is -0.489. The lowest BCUT2D eigenvalue weighted by atomic mass is 10.1. The van der Waals surface area contributed by atoms with Gasteiger partial charge in [0.1, 0.15) is 5.82 Å². The Labute approximate surface area is 135 Å². The van der Waals surface area contributed by atoms with Crippen molar-refractivity contribution in [3.63, 3.8) is 0 Å². The molecule has 122 valence electrons. The van der Waals surface area contributed by atoms with Gasteiger partial charge >= 0.3 is 0 Å². The van der Waals surface area contributed by atoms with E-state index in [1.807, 2.05) is 0 Å². The highest BCUT2D eigenvalue weighted by molar-refractivity contribution is 7.90. The molecule has 2 rings (SSSR count). The Balaban J connectivity index is 1.84. The van der Waals surface area contributed by atoms with Crippen molar-refractivity contribution >= 4 is 15.7 Å². The molecule has 0 fully saturated rings. The highest BCUT2D eigenvalue weighted by atomic mass is 32.2. The van der Waals surface area contributed by atoms with Crippen LogP contribution in [0.2, 0.25) is 0 Å². The van der Waals surface area contributed by atoms with Crippen LogP contribution in [-0.4, -0.2) is 20.6 Å². The van der Waals surface area contributed by atoms with Crippen molar-refractivity contribution in [3.05, 3.63) is 65.5 Å². The average molecular weight is 335 g/mol. The van der Waals surface area contributed by atoms with Crippen LogP contribution < -0.4 is 5.32 Å². The van der Waals surface area contributed by atoms with Crippen molar-refractivity contribution in [2.24, 2.45) is 0 Å². The minimum Gasteiger partial charge on any atom is -0.352 e. The second-order valence-electron chi connectivity index (χ2n) is 5.28. The summed E-state index contributed by atoms with van der Waals surface area (Å²) in [6.07, 6.45) is 1.68. The van der Waals surface area contributed by atoms with Crippen LogP contribution in [0.15, 0.2) is 53.4 Å². The second kappa shape index (κ2) is 7.37. The van der Waals surface area contributed by atoms with E-state index in [1.165, 1.54) is 18.2 Å². The molecule has 4 nitrogen and oxygen atoms in total. The summed E-state index contributed by atoms with van der Waals surface area (Å²) in [5.41, 5.74) is 1.32. The Hall–Kier alpha value is -2.21. The van der Waals surface area contributed by atoms with Crippen LogP contribution in [0.3, 0.4) is 0 Å². The monoisotopic (exact) mass is 335 g/mol. The molecule has 0 atom stereocenters. The smallest absolute Gasteiger partial charge is 0.220 e. The van der Waals surface area contributed by atoms with Crippen LogP contribution in [0.1, 0.15) is 17.5 Å². The fourth-order valence-electron chi connectivity index (χ4n) is 2.09. The minimum absolute atomic E-state index is 0.180. The van der Waals surface area contributed by atoms with Gasteiger partial charge in [-0.2, -0.15) is 0 Å². The van der Waals surface area contributed by atoms with Gasteiger partial charge in [-0.3, -0.25) is 4.79 Å². The van der Waals surface area contributed by atoms with Crippen LogP contribution >= 0.6 is 0 Å². The Morgan fingerprint density at radius 2 is 1.74 bits per heavy atom. The van der Waals surface area contributed by atoms with Gasteiger partial charge in [0.05, 0.1) is 4.90 Å². The number of hydrogen-bond donors (Lipinski definition) is 1. The number of benzene rings is 2. The maximum atomic E-state index is 13.4. The van der Waals surface area contributed by atoms with Gasteiger partial charge in [0.25, 0.3) is 0 Å². The van der Waals surface area contributed by atoms with Crippen molar-refractivity contribution in [1.29, 1.82) is 0 Å². The van der Waals surface area contributed by atoms with Gasteiger partial charge in [0, 0.05) is 19.2 Å². The van der Waals surface area contributed by atoms with Gasteiger partial charge in [-0.05, 0) is 35.7 Å². The van der Waals surface area contributed by atoms with E-state index in [-0.39, 0.29) is 23.0 Å². The van der Waals surface area contributed by atoms with Gasteiger partial charge < -0.3 is 5.32 Å². The number of carbonyl (C=O) groups excluding carboxylic acids is 1. The third kappa shape index (κ3) is 5.17. The molecule has 6 heteroatoms. The van der Waals surface area contributed by atoms with Gasteiger partial charge in [0.15, 0.2) is 9.84 Å². The Kier molecular flexibility index (Phi) is 5.50. The molecule has 0 radical (unpaired) electrons. The maximum absolute atomic E-state index is 13.4. The van der Waals surface area contributed by atoms with E-state index in [4.69, 9.17) is 0 Å². The molecule has 23 heavy (non-hydrogen) atoms. The van der Waals surface area contributed by atoms with Crippen LogP contribution in [0.25, 0.3) is 0 Å². The third-order valence-corrected chi connectivity index (χ3v) is 4.55. The number of carbonyl (C=O) groups is 1. The summed E-state index contributed by atoms with van der Waals surface area (Å²) in [4.78, 5) is 12.0. The number of aryl methyl sites for hydroxylation is 1. The maximum Gasteiger partial charge on any atom is 0.220 e. The Morgan fingerprint density at radius 3 is 2.35 bits per heavy atom. The highest BCUT2D eigenvalue weighted by Gasteiger charge is 2.08. The summed E-state index contributed by atoms with van der Waals surface area (Å²) in [6.45, 7) is 0.306. The zero-order valence-electron chi connectivity index (χ0n) is 12.8. The minimum atomic E-state index is -3.22. The first-order valence-electron chi connectivity index (χ1n) is 7.15. The molecule has 1 N–H and O–H groups in total. The van der Waals surface area contributed by atoms with Crippen LogP contribution in [0.4, 0.5) is 4.39 Å². The average Bonchev–Trinajstić information content (AvgIpc) is 2.51. The largest absolute Gasteiger partial charge is 0.352 e. The summed E-state index contributed by atoms with van der Waals surface area (Å²) in [5, 5.41) is 2.74. The van der Waals surface area contributed by atoms with E-state index in [2.05, 4.69) is 5.32 Å². The third-order valence-electron chi connectivity index (χ3n) is 3.42. The molecule has 0 aliphatic rings. The zero-order valence-corrected chi connectivity index (χ0v) is 13.6. The molecule has 1 amide bonds. The molecular weight excluding hydrogens is 317 g/mol. The van der Waals surface area contributed by atoms with Crippen molar-refractivity contribution in [3.8, 4) is 0 Å². The molecule has 0 bridgehead atoms. The molecule has 0 saturated carbocycles. The molecule has 0 unspecified atom stereocenters. The van der Waals surface area contributed by atoms with Crippen molar-refractivity contribution in [2.45, 2.75) is 24.3 Å². The summed E-state index contributed by atoms with van der Waals surface area (Å²) < 4.78 is 36.2. The van der Waals surface area contributed by atoms with Crippen LogP contribution in [0, 0.1) is 5.82 Å². The summed E-state index contributed by atoms with van der Waals surface area (Å²) in [6, 6.07) is 12.7. The highest BCUT2D eigenvalue weighted by Crippen LogP contribution is 2.11. The number of rotatable bonds is 6. The molecular formula is C17H18FNO3S. The Bertz CT molecular complexity index is 786. The topological polar surface area (TPSA) is 63.2 Å². The quantitative estimate of drug-likeness (QED) is 0.882. The SMILES string of the molecule is CS(=O)(=O)c1ccc(CNC(=O)CCc2ccccc2F)cc1. The second-order valence-corrected chi connectivity index (χ2v) is 7.30. The molecule has 0 heterocycles. The lowest BCUT2D eigenvalue weighted by Gasteiger charge is -2.07. The van der Waals surface area contributed by atoms with E-state index in [1.54, 1.807) is 30.3 Å². The van der Waals surface area contributed by atoms with E-state index in [0.29, 0.717) is 18.5 Å². The number of sulfone groups is 1. The Morgan fingerprint density at radius 1 is 1.09 bits per heavy atom. The zero-order chi connectivity index (χ0) is 16.9. The van der Waals surface area contributed by atoms with Crippen LogP contribution in [0.5, 0.6) is 0 Å². The van der Waals surface area contributed by atoms with Gasteiger partial charge in [-0.1, -0.05) is 30.3 Å². The van der Waals surface area contributed by atoms with Crippen molar-refractivity contribution in [1.82, 2.24) is 5.32 Å². The first kappa shape index (κ1) is 17.1. The number of halogens is 1. The van der Waals surface area contributed by atoms with E-state index in [0.717, 1.165) is 11.8 Å². The van der Waals surface area contributed by atoms with Gasteiger partial charge in [0.2, 0.25) is 5.91 Å². The number of nitrogens with one attached hydrogen (secondary N) is 1. The van der Waals surface area contributed by atoms with Gasteiger partial charge in [-0.25, -0.2) is 12.8 Å².